The van der Waals surface area contributed by atoms with Gasteiger partial charge < -0.3 is 0 Å². The van der Waals surface area contributed by atoms with E-state index in [9.17, 15) is 14.4 Å². The predicted molar refractivity (Wildman–Crippen MR) is 108 cm³/mol. The van der Waals surface area contributed by atoms with Crippen LogP contribution in [-0.2, 0) is 9.59 Å². The number of nitrogens with zero attached hydrogens (tertiary/aromatic N) is 2. The number of carbonyl (C=O) groups excluding carboxylic acids is 3. The molecule has 2 atom stereocenters. The van der Waals surface area contributed by atoms with E-state index in [1.54, 1.807) is 54.7 Å². The van der Waals surface area contributed by atoms with Crippen molar-refractivity contribution in [3.05, 3.63) is 94.6 Å². The van der Waals surface area contributed by atoms with Gasteiger partial charge in [0.1, 0.15) is 11.7 Å². The Morgan fingerprint density at radius 3 is 2.21 bits per heavy atom. The minimum absolute atomic E-state index is 0.345. The molecule has 1 aliphatic rings. The van der Waals surface area contributed by atoms with Gasteiger partial charge in [-0.05, 0) is 29.8 Å². The van der Waals surface area contributed by atoms with Crippen molar-refractivity contribution in [3.63, 3.8) is 0 Å². The minimum Gasteiger partial charge on any atom is -0.293 e. The number of aromatic nitrogens is 1. The van der Waals surface area contributed by atoms with Crippen LogP contribution in [-0.4, -0.2) is 22.5 Å². The largest absolute Gasteiger partial charge is 0.297 e. The molecule has 6 heteroatoms. The maximum Gasteiger partial charge on any atom is 0.297 e. The molecule has 0 saturated carbocycles. The summed E-state index contributed by atoms with van der Waals surface area (Å²) >= 11 is 3.39. The third-order valence-electron chi connectivity index (χ3n) is 4.75. The first-order valence-electron chi connectivity index (χ1n) is 8.71. The number of Topliss-reactive ketones (excluding diaryl/α,β-unsaturated/α-hetero) is 2. The van der Waals surface area contributed by atoms with E-state index in [0.717, 1.165) is 4.47 Å². The topological polar surface area (TPSA) is 67.3 Å². The summed E-state index contributed by atoms with van der Waals surface area (Å²) in [6, 6.07) is 20.2. The smallest absolute Gasteiger partial charge is 0.293 e. The normalized spacial score (nSPS) is 19.1. The first-order valence-corrected chi connectivity index (χ1v) is 9.50. The van der Waals surface area contributed by atoms with Gasteiger partial charge in [0, 0.05) is 16.2 Å². The van der Waals surface area contributed by atoms with Crippen LogP contribution in [0.4, 0.5) is 5.82 Å². The number of anilines is 1. The van der Waals surface area contributed by atoms with E-state index in [-0.39, 0.29) is 5.78 Å². The number of hydrogen-bond donors (Lipinski definition) is 0. The molecule has 1 aliphatic heterocycles. The van der Waals surface area contributed by atoms with Gasteiger partial charge in [0.05, 0.1) is 6.04 Å². The van der Waals surface area contributed by atoms with Gasteiger partial charge in [-0.15, -0.1) is 0 Å². The first kappa shape index (κ1) is 18.3. The number of amides is 1. The monoisotopic (exact) mass is 434 g/mol. The summed E-state index contributed by atoms with van der Waals surface area (Å²) in [6.07, 6.45) is 1.55. The Morgan fingerprint density at radius 1 is 0.893 bits per heavy atom. The van der Waals surface area contributed by atoms with Crippen molar-refractivity contribution in [2.24, 2.45) is 5.92 Å². The Hall–Kier alpha value is -3.12. The zero-order valence-electron chi connectivity index (χ0n) is 14.7. The summed E-state index contributed by atoms with van der Waals surface area (Å²) in [4.78, 5) is 44.6. The van der Waals surface area contributed by atoms with Crippen molar-refractivity contribution < 1.29 is 14.4 Å². The van der Waals surface area contributed by atoms with Gasteiger partial charge in [-0.25, -0.2) is 4.98 Å². The molecule has 1 aromatic heterocycles. The summed E-state index contributed by atoms with van der Waals surface area (Å²) in [7, 11) is 0. The number of rotatable bonds is 4. The van der Waals surface area contributed by atoms with Crippen LogP contribution in [0, 0.1) is 5.92 Å². The van der Waals surface area contributed by atoms with Crippen LogP contribution < -0.4 is 4.90 Å². The van der Waals surface area contributed by atoms with Gasteiger partial charge in [-0.2, -0.15) is 0 Å². The number of pyridine rings is 1. The molecule has 138 valence electrons. The second kappa shape index (κ2) is 7.48. The van der Waals surface area contributed by atoms with Crippen molar-refractivity contribution in [2.45, 2.75) is 6.04 Å². The van der Waals surface area contributed by atoms with Crippen LogP contribution in [0.2, 0.25) is 0 Å². The first-order chi connectivity index (χ1) is 13.6. The maximum atomic E-state index is 13.2. The number of ketones is 2. The lowest BCUT2D eigenvalue weighted by molar-refractivity contribution is -0.135. The fourth-order valence-corrected chi connectivity index (χ4v) is 3.72. The van der Waals surface area contributed by atoms with Gasteiger partial charge in [0.15, 0.2) is 5.78 Å². The Morgan fingerprint density at radius 2 is 1.57 bits per heavy atom. The second-order valence-electron chi connectivity index (χ2n) is 6.43. The SMILES string of the molecule is O=C1C(=O)N(c2ccccn2)C(c2ccc(Br)cc2)C1C(=O)c1ccccc1. The maximum absolute atomic E-state index is 13.2. The van der Waals surface area contributed by atoms with Crippen LogP contribution in [0.25, 0.3) is 0 Å². The highest BCUT2D eigenvalue weighted by atomic mass is 79.9. The van der Waals surface area contributed by atoms with Gasteiger partial charge in [-0.3, -0.25) is 19.3 Å². The third-order valence-corrected chi connectivity index (χ3v) is 5.28. The van der Waals surface area contributed by atoms with E-state index in [1.165, 1.54) is 4.90 Å². The van der Waals surface area contributed by atoms with Crippen molar-refractivity contribution in [1.82, 2.24) is 4.98 Å². The summed E-state index contributed by atoms with van der Waals surface area (Å²) in [6.45, 7) is 0. The molecule has 2 heterocycles. The summed E-state index contributed by atoms with van der Waals surface area (Å²) < 4.78 is 0.863. The van der Waals surface area contributed by atoms with Crippen LogP contribution in [0.3, 0.4) is 0 Å². The highest BCUT2D eigenvalue weighted by Crippen LogP contribution is 2.40. The molecule has 4 rings (SSSR count). The van der Waals surface area contributed by atoms with Crippen LogP contribution in [0.15, 0.2) is 83.5 Å². The second-order valence-corrected chi connectivity index (χ2v) is 7.35. The van der Waals surface area contributed by atoms with E-state index < -0.39 is 23.7 Å². The molecule has 0 N–H and O–H groups in total. The minimum atomic E-state index is -1.13. The highest BCUT2D eigenvalue weighted by Gasteiger charge is 2.52. The number of carbonyl (C=O) groups is 3. The standard InChI is InChI=1S/C22H15BrN2O3/c23-16-11-9-14(10-12-16)19-18(20(26)15-6-2-1-3-7-15)21(27)22(28)25(19)17-8-4-5-13-24-17/h1-13,18-19H. The summed E-state index contributed by atoms with van der Waals surface area (Å²) in [5.74, 6) is -2.59. The lowest BCUT2D eigenvalue weighted by Gasteiger charge is -2.26. The van der Waals surface area contributed by atoms with Gasteiger partial charge in [-0.1, -0.05) is 64.5 Å². The average molecular weight is 435 g/mol. The molecular weight excluding hydrogens is 420 g/mol. The Kier molecular flexibility index (Phi) is 4.88. The van der Waals surface area contributed by atoms with E-state index in [0.29, 0.717) is 16.9 Å². The lowest BCUT2D eigenvalue weighted by atomic mass is 9.86. The van der Waals surface area contributed by atoms with Crippen molar-refractivity contribution in [3.8, 4) is 0 Å². The van der Waals surface area contributed by atoms with Crippen LogP contribution in [0.5, 0.6) is 0 Å². The van der Waals surface area contributed by atoms with Crippen LogP contribution in [0.1, 0.15) is 22.0 Å². The molecule has 0 radical (unpaired) electrons. The Balaban J connectivity index is 1.86. The molecule has 2 unspecified atom stereocenters. The molecule has 2 aromatic carbocycles. The summed E-state index contributed by atoms with van der Waals surface area (Å²) in [5.41, 5.74) is 1.10. The zero-order chi connectivity index (χ0) is 19.7. The molecule has 0 bridgehead atoms. The number of halogens is 1. The van der Waals surface area contributed by atoms with Crippen molar-refractivity contribution in [1.29, 1.82) is 0 Å². The Bertz CT molecular complexity index is 1040. The molecular formula is C22H15BrN2O3. The van der Waals surface area contributed by atoms with E-state index in [1.807, 2.05) is 24.3 Å². The fourth-order valence-electron chi connectivity index (χ4n) is 3.46. The zero-order valence-corrected chi connectivity index (χ0v) is 16.2. The molecule has 0 aliphatic carbocycles. The average Bonchev–Trinajstić information content (AvgIpc) is 3.00. The van der Waals surface area contributed by atoms with Gasteiger partial charge >= 0.3 is 0 Å². The molecule has 1 amide bonds. The molecule has 1 fully saturated rings. The molecule has 28 heavy (non-hydrogen) atoms. The van der Waals surface area contributed by atoms with Crippen molar-refractivity contribution >= 4 is 39.2 Å². The Labute approximate surface area is 170 Å². The molecule has 1 saturated heterocycles. The highest BCUT2D eigenvalue weighted by molar-refractivity contribution is 9.10. The number of benzene rings is 2. The fraction of sp³-hybridized carbons (Fsp3) is 0.0909. The number of hydrogen-bond acceptors (Lipinski definition) is 4. The lowest BCUT2D eigenvalue weighted by Crippen LogP contribution is -2.31. The van der Waals surface area contributed by atoms with Crippen LogP contribution >= 0.6 is 15.9 Å². The molecule has 5 nitrogen and oxygen atoms in total. The predicted octanol–water partition coefficient (Wildman–Crippen LogP) is 4.00. The third kappa shape index (κ3) is 3.16. The van der Waals surface area contributed by atoms with Gasteiger partial charge in [0.25, 0.3) is 5.91 Å². The quantitative estimate of drug-likeness (QED) is 0.353. The molecule has 3 aromatic rings. The molecule has 0 spiro atoms. The summed E-state index contributed by atoms with van der Waals surface area (Å²) in [5, 5.41) is 0. The van der Waals surface area contributed by atoms with Gasteiger partial charge in [0.2, 0.25) is 5.78 Å². The van der Waals surface area contributed by atoms with Crippen molar-refractivity contribution in [2.75, 3.05) is 4.90 Å². The van der Waals surface area contributed by atoms with E-state index in [4.69, 9.17) is 0 Å². The van der Waals surface area contributed by atoms with E-state index >= 15 is 0 Å². The van der Waals surface area contributed by atoms with E-state index in [2.05, 4.69) is 20.9 Å².